The lowest BCUT2D eigenvalue weighted by atomic mass is 10.1. The molecule has 2 heterocycles. The monoisotopic (exact) mass is 379 g/mol. The van der Waals surface area contributed by atoms with Gasteiger partial charge in [0.05, 0.1) is 5.02 Å². The lowest BCUT2D eigenvalue weighted by Gasteiger charge is -2.10. The molecule has 2 aromatic heterocycles. The van der Waals surface area contributed by atoms with Crippen molar-refractivity contribution in [1.82, 2.24) is 20.2 Å². The quantitative estimate of drug-likeness (QED) is 0.515. The summed E-state index contributed by atoms with van der Waals surface area (Å²) >= 11 is 5.86. The van der Waals surface area contributed by atoms with E-state index in [-0.39, 0.29) is 5.02 Å². The number of halogens is 2. The van der Waals surface area contributed by atoms with E-state index in [4.69, 9.17) is 11.6 Å². The van der Waals surface area contributed by atoms with E-state index < -0.39 is 5.82 Å². The minimum absolute atomic E-state index is 0.0401. The minimum atomic E-state index is -0.471. The summed E-state index contributed by atoms with van der Waals surface area (Å²) in [7, 11) is 0. The fourth-order valence-corrected chi connectivity index (χ4v) is 2.87. The zero-order valence-electron chi connectivity index (χ0n) is 14.2. The van der Waals surface area contributed by atoms with Crippen LogP contribution in [0.25, 0.3) is 22.8 Å². The summed E-state index contributed by atoms with van der Waals surface area (Å²) in [5.41, 5.74) is 3.58. The zero-order valence-corrected chi connectivity index (χ0v) is 14.9. The summed E-state index contributed by atoms with van der Waals surface area (Å²) in [6, 6.07) is 16.2. The Morgan fingerprint density at radius 2 is 1.85 bits per heavy atom. The van der Waals surface area contributed by atoms with Crippen molar-refractivity contribution >= 4 is 17.3 Å². The maximum absolute atomic E-state index is 13.4. The third-order valence-electron chi connectivity index (χ3n) is 4.08. The van der Waals surface area contributed by atoms with Gasteiger partial charge in [0, 0.05) is 35.8 Å². The van der Waals surface area contributed by atoms with E-state index in [1.165, 1.54) is 12.1 Å². The number of rotatable bonds is 5. The van der Waals surface area contributed by atoms with Gasteiger partial charge >= 0.3 is 0 Å². The third kappa shape index (κ3) is 3.80. The largest absolute Gasteiger partial charge is 0.380 e. The van der Waals surface area contributed by atoms with Crippen LogP contribution in [-0.4, -0.2) is 20.2 Å². The summed E-state index contributed by atoms with van der Waals surface area (Å²) in [4.78, 5) is 8.56. The number of benzene rings is 2. The minimum Gasteiger partial charge on any atom is -0.380 e. The topological polar surface area (TPSA) is 66.5 Å². The van der Waals surface area contributed by atoms with Gasteiger partial charge in [-0.3, -0.25) is 10.1 Å². The van der Waals surface area contributed by atoms with E-state index in [0.717, 1.165) is 16.8 Å². The average molecular weight is 380 g/mol. The molecule has 0 amide bonds. The molecule has 0 fully saturated rings. The number of aromatic amines is 1. The van der Waals surface area contributed by atoms with Crippen LogP contribution in [0.4, 0.5) is 10.1 Å². The van der Waals surface area contributed by atoms with E-state index in [1.54, 1.807) is 18.5 Å². The Labute approximate surface area is 160 Å². The van der Waals surface area contributed by atoms with Crippen LogP contribution in [0.2, 0.25) is 5.02 Å². The lowest BCUT2D eigenvalue weighted by Crippen LogP contribution is -2.01. The van der Waals surface area contributed by atoms with Crippen molar-refractivity contribution in [3.63, 3.8) is 0 Å². The van der Waals surface area contributed by atoms with Gasteiger partial charge < -0.3 is 5.32 Å². The fourth-order valence-electron chi connectivity index (χ4n) is 2.69. The summed E-state index contributed by atoms with van der Waals surface area (Å²) in [5, 5.41) is 10.6. The Kier molecular flexibility index (Phi) is 4.80. The van der Waals surface area contributed by atoms with Crippen LogP contribution < -0.4 is 5.32 Å². The summed E-state index contributed by atoms with van der Waals surface area (Å²) in [5.74, 6) is 0.598. The molecule has 0 saturated heterocycles. The molecule has 7 heteroatoms. The molecule has 4 aromatic rings. The van der Waals surface area contributed by atoms with Crippen molar-refractivity contribution in [1.29, 1.82) is 0 Å². The number of H-pyrrole nitrogens is 1. The van der Waals surface area contributed by atoms with Crippen LogP contribution in [0.3, 0.4) is 0 Å². The van der Waals surface area contributed by atoms with Crippen molar-refractivity contribution in [2.75, 3.05) is 5.32 Å². The van der Waals surface area contributed by atoms with E-state index in [2.05, 4.69) is 25.5 Å². The molecule has 27 heavy (non-hydrogen) atoms. The van der Waals surface area contributed by atoms with Gasteiger partial charge in [-0.05, 0) is 48.0 Å². The molecular formula is C20H15ClFN5. The van der Waals surface area contributed by atoms with E-state index in [1.807, 2.05) is 36.4 Å². The molecule has 0 aliphatic heterocycles. The number of pyridine rings is 1. The Morgan fingerprint density at radius 1 is 1.04 bits per heavy atom. The predicted octanol–water partition coefficient (Wildman–Crippen LogP) is 4.94. The Balaban J connectivity index is 1.60. The average Bonchev–Trinajstić information content (AvgIpc) is 3.19. The molecule has 0 aliphatic rings. The second-order valence-electron chi connectivity index (χ2n) is 5.89. The molecule has 0 saturated carbocycles. The normalized spacial score (nSPS) is 10.7. The molecule has 0 radical (unpaired) electrons. The SMILES string of the molecule is Fc1ccc(-c2n[nH]c(-c3ccccc3NCc3ccncc3)n2)cc1Cl. The maximum atomic E-state index is 13.4. The van der Waals surface area contributed by atoms with Crippen molar-refractivity contribution in [2.45, 2.75) is 6.54 Å². The number of aromatic nitrogens is 4. The highest BCUT2D eigenvalue weighted by atomic mass is 35.5. The van der Waals surface area contributed by atoms with Crippen LogP contribution in [0, 0.1) is 5.82 Å². The van der Waals surface area contributed by atoms with Gasteiger partial charge in [-0.1, -0.05) is 23.7 Å². The van der Waals surface area contributed by atoms with Gasteiger partial charge in [0.1, 0.15) is 5.82 Å². The van der Waals surface area contributed by atoms with Crippen molar-refractivity contribution in [3.8, 4) is 22.8 Å². The van der Waals surface area contributed by atoms with Gasteiger partial charge in [-0.15, -0.1) is 0 Å². The molecule has 134 valence electrons. The van der Waals surface area contributed by atoms with Crippen molar-refractivity contribution < 1.29 is 4.39 Å². The molecule has 2 aromatic carbocycles. The van der Waals surface area contributed by atoms with Crippen LogP contribution in [0.1, 0.15) is 5.56 Å². The second kappa shape index (κ2) is 7.55. The lowest BCUT2D eigenvalue weighted by molar-refractivity contribution is 0.628. The van der Waals surface area contributed by atoms with Crippen LogP contribution >= 0.6 is 11.6 Å². The Morgan fingerprint density at radius 3 is 2.67 bits per heavy atom. The van der Waals surface area contributed by atoms with Gasteiger partial charge in [-0.25, -0.2) is 9.37 Å². The molecule has 0 bridgehead atoms. The molecule has 0 unspecified atom stereocenters. The van der Waals surface area contributed by atoms with Crippen LogP contribution in [0.15, 0.2) is 67.0 Å². The van der Waals surface area contributed by atoms with Crippen molar-refractivity contribution in [3.05, 3.63) is 83.4 Å². The highest BCUT2D eigenvalue weighted by molar-refractivity contribution is 6.31. The van der Waals surface area contributed by atoms with Gasteiger partial charge in [0.2, 0.25) is 0 Å². The van der Waals surface area contributed by atoms with E-state index in [9.17, 15) is 4.39 Å². The van der Waals surface area contributed by atoms with E-state index in [0.29, 0.717) is 23.8 Å². The molecular weight excluding hydrogens is 365 g/mol. The molecule has 5 nitrogen and oxygen atoms in total. The highest BCUT2D eigenvalue weighted by Gasteiger charge is 2.12. The van der Waals surface area contributed by atoms with Gasteiger partial charge in [0.15, 0.2) is 11.6 Å². The van der Waals surface area contributed by atoms with Crippen LogP contribution in [0.5, 0.6) is 0 Å². The number of para-hydroxylation sites is 1. The first-order valence-corrected chi connectivity index (χ1v) is 8.68. The highest BCUT2D eigenvalue weighted by Crippen LogP contribution is 2.28. The zero-order chi connectivity index (χ0) is 18.6. The standard InChI is InChI=1S/C20H15ClFN5/c21-16-11-14(5-6-17(16)22)19-25-20(27-26-19)15-3-1-2-4-18(15)24-12-13-7-9-23-10-8-13/h1-11,24H,12H2,(H,25,26,27). The first kappa shape index (κ1) is 17.2. The first-order chi connectivity index (χ1) is 13.2. The Bertz CT molecular complexity index is 1060. The molecule has 0 aliphatic carbocycles. The third-order valence-corrected chi connectivity index (χ3v) is 4.37. The maximum Gasteiger partial charge on any atom is 0.181 e. The summed E-state index contributed by atoms with van der Waals surface area (Å²) in [6.45, 7) is 0.661. The smallest absolute Gasteiger partial charge is 0.181 e. The molecule has 0 spiro atoms. The number of hydrogen-bond acceptors (Lipinski definition) is 4. The number of anilines is 1. The second-order valence-corrected chi connectivity index (χ2v) is 6.30. The van der Waals surface area contributed by atoms with Crippen molar-refractivity contribution in [2.24, 2.45) is 0 Å². The number of nitrogens with one attached hydrogen (secondary N) is 2. The van der Waals surface area contributed by atoms with Gasteiger partial charge in [-0.2, -0.15) is 5.10 Å². The molecule has 2 N–H and O–H groups in total. The predicted molar refractivity (Wildman–Crippen MR) is 104 cm³/mol. The first-order valence-electron chi connectivity index (χ1n) is 8.31. The Hall–Kier alpha value is -3.25. The fraction of sp³-hybridized carbons (Fsp3) is 0.0500. The van der Waals surface area contributed by atoms with E-state index >= 15 is 0 Å². The van der Waals surface area contributed by atoms with Gasteiger partial charge in [0.25, 0.3) is 0 Å². The molecule has 4 rings (SSSR count). The molecule has 0 atom stereocenters. The summed E-state index contributed by atoms with van der Waals surface area (Å²) in [6.07, 6.45) is 3.53. The van der Waals surface area contributed by atoms with Crippen LogP contribution in [-0.2, 0) is 6.54 Å². The number of hydrogen-bond donors (Lipinski definition) is 2. The number of nitrogens with zero attached hydrogens (tertiary/aromatic N) is 3. The summed E-state index contributed by atoms with van der Waals surface area (Å²) < 4.78 is 13.4.